The molecule has 0 bridgehead atoms. The van der Waals surface area contributed by atoms with Crippen LogP contribution in [0.4, 0.5) is 0 Å². The Bertz CT molecular complexity index is 703. The number of amides is 1. The van der Waals surface area contributed by atoms with Crippen LogP contribution >= 0.6 is 11.6 Å². The number of carbonyl (C=O) groups excluding carboxylic acids is 2. The van der Waals surface area contributed by atoms with E-state index in [0.29, 0.717) is 30.6 Å². The van der Waals surface area contributed by atoms with Gasteiger partial charge in [-0.2, -0.15) is 0 Å². The lowest BCUT2D eigenvalue weighted by atomic mass is 9.74. The highest BCUT2D eigenvalue weighted by Gasteiger charge is 2.45. The molecule has 1 aromatic rings. The van der Waals surface area contributed by atoms with Crippen molar-refractivity contribution in [2.75, 3.05) is 32.8 Å². The fourth-order valence-electron chi connectivity index (χ4n) is 4.73. The predicted octanol–water partition coefficient (Wildman–Crippen LogP) is 3.54. The van der Waals surface area contributed by atoms with Gasteiger partial charge in [0.25, 0.3) is 0 Å². The van der Waals surface area contributed by atoms with Crippen LogP contribution < -0.4 is 0 Å². The maximum absolute atomic E-state index is 13.0. The molecule has 0 spiro atoms. The highest BCUT2D eigenvalue weighted by molar-refractivity contribution is 6.30. The van der Waals surface area contributed by atoms with E-state index in [4.69, 9.17) is 16.3 Å². The normalized spacial score (nSPS) is 24.2. The zero-order valence-electron chi connectivity index (χ0n) is 17.0. The summed E-state index contributed by atoms with van der Waals surface area (Å²) in [7, 11) is 0. The van der Waals surface area contributed by atoms with Crippen LogP contribution in [0.25, 0.3) is 0 Å². The Kier molecular flexibility index (Phi) is 7.00. The summed E-state index contributed by atoms with van der Waals surface area (Å²) >= 11 is 6.18. The van der Waals surface area contributed by atoms with E-state index in [-0.39, 0.29) is 11.9 Å². The molecule has 0 unspecified atom stereocenters. The van der Waals surface area contributed by atoms with E-state index in [2.05, 4.69) is 4.90 Å². The largest absolute Gasteiger partial charge is 0.466 e. The van der Waals surface area contributed by atoms with E-state index in [1.807, 2.05) is 36.1 Å². The zero-order chi connectivity index (χ0) is 20.1. The minimum absolute atomic E-state index is 0.0964. The van der Waals surface area contributed by atoms with Crippen LogP contribution in [-0.4, -0.2) is 60.5 Å². The Morgan fingerprint density at radius 3 is 2.64 bits per heavy atom. The van der Waals surface area contributed by atoms with Crippen LogP contribution in [0.2, 0.25) is 5.02 Å². The van der Waals surface area contributed by atoms with Gasteiger partial charge in [0.2, 0.25) is 5.91 Å². The molecule has 6 heteroatoms. The SMILES string of the molecule is CCOC(=O)[C@@]1(Cc2cccc(Cl)c2)CCCN(C2CCN(C(C)=O)CC2)C1. The molecule has 3 rings (SSSR count). The summed E-state index contributed by atoms with van der Waals surface area (Å²) in [4.78, 5) is 29.0. The lowest BCUT2D eigenvalue weighted by Gasteiger charge is -2.46. The van der Waals surface area contributed by atoms with E-state index >= 15 is 0 Å². The minimum atomic E-state index is -0.531. The van der Waals surface area contributed by atoms with Crippen molar-refractivity contribution in [3.63, 3.8) is 0 Å². The highest BCUT2D eigenvalue weighted by atomic mass is 35.5. The summed E-state index contributed by atoms with van der Waals surface area (Å²) < 4.78 is 5.52. The van der Waals surface area contributed by atoms with Crippen molar-refractivity contribution >= 4 is 23.5 Å². The third kappa shape index (κ3) is 4.87. The van der Waals surface area contributed by atoms with Crippen molar-refractivity contribution in [3.8, 4) is 0 Å². The van der Waals surface area contributed by atoms with Gasteiger partial charge in [-0.15, -0.1) is 0 Å². The third-order valence-electron chi connectivity index (χ3n) is 6.17. The van der Waals surface area contributed by atoms with Crippen LogP contribution in [0, 0.1) is 5.41 Å². The highest BCUT2D eigenvalue weighted by Crippen LogP contribution is 2.37. The number of carbonyl (C=O) groups is 2. The van der Waals surface area contributed by atoms with Gasteiger partial charge in [-0.25, -0.2) is 0 Å². The lowest BCUT2D eigenvalue weighted by molar-refractivity contribution is -0.160. The lowest BCUT2D eigenvalue weighted by Crippen LogP contribution is -2.55. The number of rotatable bonds is 5. The first kappa shape index (κ1) is 21.1. The molecule has 1 amide bonds. The zero-order valence-corrected chi connectivity index (χ0v) is 17.7. The number of halogens is 1. The first-order valence-corrected chi connectivity index (χ1v) is 10.7. The number of benzene rings is 1. The number of hydrogen-bond donors (Lipinski definition) is 0. The summed E-state index contributed by atoms with van der Waals surface area (Å²) in [5.74, 6) is 0.0553. The predicted molar refractivity (Wildman–Crippen MR) is 110 cm³/mol. The van der Waals surface area contributed by atoms with E-state index in [9.17, 15) is 9.59 Å². The van der Waals surface area contributed by atoms with E-state index in [1.165, 1.54) is 0 Å². The summed E-state index contributed by atoms with van der Waals surface area (Å²) in [5.41, 5.74) is 0.546. The van der Waals surface area contributed by atoms with Gasteiger partial charge in [0.1, 0.15) is 0 Å². The van der Waals surface area contributed by atoms with Gasteiger partial charge in [-0.05, 0) is 63.3 Å². The van der Waals surface area contributed by atoms with Crippen molar-refractivity contribution in [2.24, 2.45) is 5.41 Å². The average molecular weight is 407 g/mol. The third-order valence-corrected chi connectivity index (χ3v) is 6.41. The van der Waals surface area contributed by atoms with Crippen molar-refractivity contribution in [2.45, 2.75) is 52.0 Å². The Morgan fingerprint density at radius 2 is 2.00 bits per heavy atom. The molecule has 0 aromatic heterocycles. The molecule has 2 aliphatic heterocycles. The monoisotopic (exact) mass is 406 g/mol. The molecule has 5 nitrogen and oxygen atoms in total. The molecular formula is C22H31ClN2O3. The van der Waals surface area contributed by atoms with Crippen molar-refractivity contribution in [1.29, 1.82) is 0 Å². The molecular weight excluding hydrogens is 376 g/mol. The Morgan fingerprint density at radius 1 is 1.25 bits per heavy atom. The average Bonchev–Trinajstić information content (AvgIpc) is 2.68. The van der Waals surface area contributed by atoms with Crippen molar-refractivity contribution in [1.82, 2.24) is 9.80 Å². The number of ether oxygens (including phenoxy) is 1. The maximum Gasteiger partial charge on any atom is 0.313 e. The first-order chi connectivity index (χ1) is 13.4. The molecule has 2 saturated heterocycles. The molecule has 2 fully saturated rings. The fraction of sp³-hybridized carbons (Fsp3) is 0.636. The number of hydrogen-bond acceptors (Lipinski definition) is 4. The van der Waals surface area contributed by atoms with Gasteiger partial charge in [0.05, 0.1) is 12.0 Å². The molecule has 0 saturated carbocycles. The van der Waals surface area contributed by atoms with E-state index < -0.39 is 5.41 Å². The van der Waals surface area contributed by atoms with E-state index in [1.54, 1.807) is 6.92 Å². The minimum Gasteiger partial charge on any atom is -0.466 e. The van der Waals surface area contributed by atoms with Crippen molar-refractivity contribution < 1.29 is 14.3 Å². The maximum atomic E-state index is 13.0. The molecule has 154 valence electrons. The molecule has 2 aliphatic rings. The molecule has 0 N–H and O–H groups in total. The molecule has 1 aromatic carbocycles. The number of likely N-dealkylation sites (tertiary alicyclic amines) is 2. The van der Waals surface area contributed by atoms with Crippen LogP contribution in [0.1, 0.15) is 45.1 Å². The number of piperidine rings is 2. The Balaban J connectivity index is 1.76. The Labute approximate surface area is 173 Å². The molecule has 28 heavy (non-hydrogen) atoms. The topological polar surface area (TPSA) is 49.9 Å². The van der Waals surface area contributed by atoms with E-state index in [0.717, 1.165) is 50.9 Å². The van der Waals surface area contributed by atoms with Crippen molar-refractivity contribution in [3.05, 3.63) is 34.9 Å². The van der Waals surface area contributed by atoms with Gasteiger partial charge in [-0.3, -0.25) is 14.5 Å². The summed E-state index contributed by atoms with van der Waals surface area (Å²) in [6.07, 6.45) is 4.40. The smallest absolute Gasteiger partial charge is 0.313 e. The first-order valence-electron chi connectivity index (χ1n) is 10.3. The molecule has 0 radical (unpaired) electrons. The number of esters is 1. The van der Waals surface area contributed by atoms with Gasteiger partial charge < -0.3 is 9.64 Å². The van der Waals surface area contributed by atoms with Crippen LogP contribution in [-0.2, 0) is 20.7 Å². The van der Waals surface area contributed by atoms with Gasteiger partial charge >= 0.3 is 5.97 Å². The van der Waals surface area contributed by atoms with Gasteiger partial charge in [-0.1, -0.05) is 23.7 Å². The quantitative estimate of drug-likeness (QED) is 0.702. The molecule has 1 atom stereocenters. The standard InChI is InChI=1S/C22H31ClN2O3/c1-3-28-21(27)22(15-18-6-4-7-19(23)14-18)10-5-11-25(16-22)20-8-12-24(13-9-20)17(2)26/h4,6-7,14,20H,3,5,8-13,15-16H2,1-2H3/t22-/m1/s1. The second-order valence-corrected chi connectivity index (χ2v) is 8.56. The van der Waals surface area contributed by atoms with Crippen LogP contribution in [0.5, 0.6) is 0 Å². The summed E-state index contributed by atoms with van der Waals surface area (Å²) in [5, 5.41) is 0.695. The second kappa shape index (κ2) is 9.27. The molecule has 2 heterocycles. The van der Waals surface area contributed by atoms with Gasteiger partial charge in [0, 0.05) is 37.6 Å². The van der Waals surface area contributed by atoms with Crippen LogP contribution in [0.3, 0.4) is 0 Å². The number of nitrogens with zero attached hydrogens (tertiary/aromatic N) is 2. The fourth-order valence-corrected chi connectivity index (χ4v) is 4.94. The Hall–Kier alpha value is -1.59. The van der Waals surface area contributed by atoms with Gasteiger partial charge in [0.15, 0.2) is 0 Å². The summed E-state index contributed by atoms with van der Waals surface area (Å²) in [6, 6.07) is 8.21. The van der Waals surface area contributed by atoms with Crippen LogP contribution in [0.15, 0.2) is 24.3 Å². The second-order valence-electron chi connectivity index (χ2n) is 8.12. The molecule has 0 aliphatic carbocycles. The summed E-state index contributed by atoms with van der Waals surface area (Å²) in [6.45, 7) is 7.22.